The first-order valence-corrected chi connectivity index (χ1v) is 7.68. The number of ether oxygens (including phenoxy) is 1. The number of rotatable bonds is 3. The lowest BCUT2D eigenvalue weighted by atomic mass is 10.1. The lowest BCUT2D eigenvalue weighted by Crippen LogP contribution is -2.44. The molecule has 1 atom stereocenters. The first-order chi connectivity index (χ1) is 11.9. The van der Waals surface area contributed by atoms with Crippen LogP contribution in [0, 0.1) is 0 Å². The van der Waals surface area contributed by atoms with E-state index in [0.717, 1.165) is 31.2 Å². The van der Waals surface area contributed by atoms with E-state index in [1.165, 1.54) is 6.33 Å². The molecule has 132 valence electrons. The molecular formula is C16H15F3N4O2. The Morgan fingerprint density at radius 1 is 1.24 bits per heavy atom. The van der Waals surface area contributed by atoms with Crippen molar-refractivity contribution in [2.75, 3.05) is 13.1 Å². The minimum absolute atomic E-state index is 0.121. The van der Waals surface area contributed by atoms with Gasteiger partial charge in [0.25, 0.3) is 5.91 Å². The van der Waals surface area contributed by atoms with Crippen molar-refractivity contribution >= 4 is 5.91 Å². The number of carbonyl (C=O) groups is 1. The van der Waals surface area contributed by atoms with Gasteiger partial charge in [0.1, 0.15) is 18.1 Å². The third-order valence-corrected chi connectivity index (χ3v) is 3.81. The van der Waals surface area contributed by atoms with Gasteiger partial charge in [-0.15, -0.1) is 0 Å². The summed E-state index contributed by atoms with van der Waals surface area (Å²) in [6, 6.07) is 3.58. The molecule has 0 radical (unpaired) electrons. The number of carbonyl (C=O) groups excluding carboxylic acids is 1. The van der Waals surface area contributed by atoms with E-state index in [9.17, 15) is 18.0 Å². The van der Waals surface area contributed by atoms with Crippen molar-refractivity contribution in [3.05, 3.63) is 48.2 Å². The Hall–Kier alpha value is -2.71. The zero-order valence-corrected chi connectivity index (χ0v) is 13.1. The van der Waals surface area contributed by atoms with Gasteiger partial charge in [-0.1, -0.05) is 0 Å². The van der Waals surface area contributed by atoms with Gasteiger partial charge in [-0.05, 0) is 25.0 Å². The number of amides is 1. The highest BCUT2D eigenvalue weighted by atomic mass is 19.4. The fourth-order valence-electron chi connectivity index (χ4n) is 2.61. The van der Waals surface area contributed by atoms with E-state index in [2.05, 4.69) is 15.0 Å². The third-order valence-electron chi connectivity index (χ3n) is 3.81. The minimum atomic E-state index is -4.52. The van der Waals surface area contributed by atoms with Gasteiger partial charge >= 0.3 is 6.18 Å². The zero-order valence-electron chi connectivity index (χ0n) is 13.1. The van der Waals surface area contributed by atoms with Crippen LogP contribution in [0.3, 0.4) is 0 Å². The predicted molar refractivity (Wildman–Crippen MR) is 80.8 cm³/mol. The van der Waals surface area contributed by atoms with Crippen LogP contribution in [-0.2, 0) is 6.18 Å². The smallest absolute Gasteiger partial charge is 0.433 e. The number of hydrogen-bond donors (Lipinski definition) is 0. The summed E-state index contributed by atoms with van der Waals surface area (Å²) in [6.07, 6.45) is 0.629. The highest BCUT2D eigenvalue weighted by Gasteiger charge is 2.33. The van der Waals surface area contributed by atoms with E-state index in [4.69, 9.17) is 4.74 Å². The molecule has 0 aromatic carbocycles. The topological polar surface area (TPSA) is 68.2 Å². The molecule has 1 fully saturated rings. The van der Waals surface area contributed by atoms with Crippen LogP contribution in [0.1, 0.15) is 28.9 Å². The van der Waals surface area contributed by atoms with E-state index in [0.29, 0.717) is 19.0 Å². The molecule has 0 aliphatic carbocycles. The molecule has 1 amide bonds. The van der Waals surface area contributed by atoms with Crippen molar-refractivity contribution in [3.8, 4) is 5.88 Å². The summed E-state index contributed by atoms with van der Waals surface area (Å²) >= 11 is 0. The molecule has 9 heteroatoms. The molecule has 3 heterocycles. The number of piperidine rings is 1. The Morgan fingerprint density at radius 2 is 2.08 bits per heavy atom. The summed E-state index contributed by atoms with van der Waals surface area (Å²) < 4.78 is 43.4. The van der Waals surface area contributed by atoms with E-state index < -0.39 is 11.9 Å². The fraction of sp³-hybridized carbons (Fsp3) is 0.375. The molecule has 0 bridgehead atoms. The van der Waals surface area contributed by atoms with E-state index in [-0.39, 0.29) is 17.6 Å². The number of pyridine rings is 1. The first kappa shape index (κ1) is 17.1. The number of halogens is 3. The molecule has 1 aliphatic rings. The van der Waals surface area contributed by atoms with Crippen LogP contribution in [0.4, 0.5) is 13.2 Å². The van der Waals surface area contributed by atoms with Gasteiger partial charge in [0.05, 0.1) is 12.1 Å². The van der Waals surface area contributed by atoms with Gasteiger partial charge < -0.3 is 9.64 Å². The van der Waals surface area contributed by atoms with Crippen LogP contribution in [0.2, 0.25) is 0 Å². The van der Waals surface area contributed by atoms with Gasteiger partial charge in [-0.2, -0.15) is 13.2 Å². The highest BCUT2D eigenvalue weighted by molar-refractivity contribution is 5.94. The second-order valence-corrected chi connectivity index (χ2v) is 5.61. The van der Waals surface area contributed by atoms with Crippen LogP contribution in [-0.4, -0.2) is 45.0 Å². The molecule has 0 spiro atoms. The second kappa shape index (κ2) is 7.04. The Bertz CT molecular complexity index is 722. The van der Waals surface area contributed by atoms with E-state index in [1.807, 2.05) is 0 Å². The summed E-state index contributed by atoms with van der Waals surface area (Å²) in [5.41, 5.74) is -0.900. The number of hydrogen-bond acceptors (Lipinski definition) is 5. The first-order valence-electron chi connectivity index (χ1n) is 7.68. The maximum absolute atomic E-state index is 12.5. The van der Waals surface area contributed by atoms with Crippen LogP contribution in [0.15, 0.2) is 36.9 Å². The highest BCUT2D eigenvalue weighted by Crippen LogP contribution is 2.27. The van der Waals surface area contributed by atoms with Crippen molar-refractivity contribution in [1.82, 2.24) is 19.9 Å². The number of likely N-dealkylation sites (tertiary alicyclic amines) is 1. The van der Waals surface area contributed by atoms with Crippen LogP contribution in [0.25, 0.3) is 0 Å². The molecule has 25 heavy (non-hydrogen) atoms. The van der Waals surface area contributed by atoms with E-state index >= 15 is 0 Å². The minimum Gasteiger partial charge on any atom is -0.472 e. The molecule has 3 rings (SSSR count). The van der Waals surface area contributed by atoms with Crippen molar-refractivity contribution in [2.24, 2.45) is 0 Å². The summed E-state index contributed by atoms with van der Waals surface area (Å²) in [7, 11) is 0. The molecule has 2 aromatic heterocycles. The van der Waals surface area contributed by atoms with Gasteiger partial charge in [0.2, 0.25) is 5.88 Å². The summed E-state index contributed by atoms with van der Waals surface area (Å²) in [5, 5.41) is 0. The SMILES string of the molecule is O=C(c1ccc(C(F)(F)F)nc1)N1CCCC(Oc2ccncn2)C1. The van der Waals surface area contributed by atoms with Gasteiger partial charge in [-0.25, -0.2) is 9.97 Å². The summed E-state index contributed by atoms with van der Waals surface area (Å²) in [5.74, 6) is 0.0581. The number of nitrogens with zero attached hydrogens (tertiary/aromatic N) is 4. The van der Waals surface area contributed by atoms with Crippen LogP contribution in [0.5, 0.6) is 5.88 Å². The lowest BCUT2D eigenvalue weighted by Gasteiger charge is -2.32. The predicted octanol–water partition coefficient (Wildman–Crippen LogP) is 2.57. The Labute approximate surface area is 141 Å². The van der Waals surface area contributed by atoms with Gasteiger partial charge in [0, 0.05) is 25.0 Å². The van der Waals surface area contributed by atoms with Gasteiger partial charge in [-0.3, -0.25) is 9.78 Å². The molecule has 0 saturated carbocycles. The molecular weight excluding hydrogens is 337 g/mol. The third kappa shape index (κ3) is 4.23. The number of aromatic nitrogens is 3. The molecule has 1 saturated heterocycles. The lowest BCUT2D eigenvalue weighted by molar-refractivity contribution is -0.141. The monoisotopic (exact) mass is 352 g/mol. The van der Waals surface area contributed by atoms with Crippen molar-refractivity contribution in [3.63, 3.8) is 0 Å². The molecule has 2 aromatic rings. The average molecular weight is 352 g/mol. The van der Waals surface area contributed by atoms with Gasteiger partial charge in [0.15, 0.2) is 0 Å². The van der Waals surface area contributed by atoms with Crippen molar-refractivity contribution in [1.29, 1.82) is 0 Å². The molecule has 0 N–H and O–H groups in total. The Balaban J connectivity index is 1.65. The Morgan fingerprint density at radius 3 is 2.72 bits per heavy atom. The van der Waals surface area contributed by atoms with Crippen molar-refractivity contribution < 1.29 is 22.7 Å². The van der Waals surface area contributed by atoms with E-state index in [1.54, 1.807) is 17.2 Å². The largest absolute Gasteiger partial charge is 0.472 e. The Kier molecular flexibility index (Phi) is 4.82. The maximum atomic E-state index is 12.5. The second-order valence-electron chi connectivity index (χ2n) is 5.61. The molecule has 1 aliphatic heterocycles. The molecule has 6 nitrogen and oxygen atoms in total. The standard InChI is InChI=1S/C16H15F3N4O2/c17-16(18,19)13-4-3-11(8-21-13)15(24)23-7-1-2-12(9-23)25-14-5-6-20-10-22-14/h3-6,8,10,12H,1-2,7,9H2. The zero-order chi connectivity index (χ0) is 17.9. The fourth-order valence-corrected chi connectivity index (χ4v) is 2.61. The summed E-state index contributed by atoms with van der Waals surface area (Å²) in [4.78, 5) is 25.2. The maximum Gasteiger partial charge on any atom is 0.433 e. The molecule has 1 unspecified atom stereocenters. The quantitative estimate of drug-likeness (QED) is 0.849. The summed E-state index contributed by atoms with van der Waals surface area (Å²) in [6.45, 7) is 0.855. The number of alkyl halides is 3. The van der Waals surface area contributed by atoms with Crippen LogP contribution >= 0.6 is 0 Å². The average Bonchev–Trinajstić information content (AvgIpc) is 2.61. The van der Waals surface area contributed by atoms with Crippen molar-refractivity contribution in [2.45, 2.75) is 25.1 Å². The van der Waals surface area contributed by atoms with Crippen LogP contribution < -0.4 is 4.74 Å². The normalized spacial score (nSPS) is 18.0.